The molecule has 0 saturated carbocycles. The summed E-state index contributed by atoms with van der Waals surface area (Å²) >= 11 is 5.88. The van der Waals surface area contributed by atoms with Gasteiger partial charge in [0.15, 0.2) is 0 Å². The lowest BCUT2D eigenvalue weighted by Crippen LogP contribution is -2.55. The van der Waals surface area contributed by atoms with Crippen LogP contribution in [-0.4, -0.2) is 29.9 Å². The number of anilines is 1. The van der Waals surface area contributed by atoms with Crippen molar-refractivity contribution in [2.45, 2.75) is 19.5 Å². The number of hydrogen-bond donors (Lipinski definition) is 0. The predicted octanol–water partition coefficient (Wildman–Crippen LogP) is 3.86. The third kappa shape index (κ3) is 3.28. The topological polar surface area (TPSA) is 23.6 Å². The van der Waals surface area contributed by atoms with E-state index in [1.807, 2.05) is 0 Å². The SMILES string of the molecule is C[C@@H]1C(=O)N(c2ccc(Cl)cc2)CCN1Cc1c(F)cccc1F. The number of hydrogen-bond acceptors (Lipinski definition) is 2. The number of carbonyl (C=O) groups is 1. The molecule has 0 unspecified atom stereocenters. The highest BCUT2D eigenvalue weighted by atomic mass is 35.5. The number of rotatable bonds is 3. The largest absolute Gasteiger partial charge is 0.310 e. The number of halogens is 3. The second-order valence-corrected chi connectivity index (χ2v) is 6.25. The molecule has 1 amide bonds. The van der Waals surface area contributed by atoms with Crippen molar-refractivity contribution in [2.75, 3.05) is 18.0 Å². The van der Waals surface area contributed by atoms with Crippen molar-refractivity contribution in [1.29, 1.82) is 0 Å². The lowest BCUT2D eigenvalue weighted by atomic mass is 10.1. The predicted molar refractivity (Wildman–Crippen MR) is 90.0 cm³/mol. The third-order valence-electron chi connectivity index (χ3n) is 4.34. The normalized spacial score (nSPS) is 18.9. The van der Waals surface area contributed by atoms with Crippen molar-refractivity contribution < 1.29 is 13.6 Å². The van der Waals surface area contributed by atoms with E-state index < -0.39 is 17.7 Å². The second-order valence-electron chi connectivity index (χ2n) is 5.81. The highest BCUT2D eigenvalue weighted by Crippen LogP contribution is 2.24. The molecule has 24 heavy (non-hydrogen) atoms. The molecule has 0 radical (unpaired) electrons. The summed E-state index contributed by atoms with van der Waals surface area (Å²) in [5, 5.41) is 0.605. The summed E-state index contributed by atoms with van der Waals surface area (Å²) in [5.74, 6) is -1.27. The Morgan fingerprint density at radius 1 is 1.08 bits per heavy atom. The summed E-state index contributed by atoms with van der Waals surface area (Å²) in [6.07, 6.45) is 0. The van der Waals surface area contributed by atoms with Crippen LogP contribution in [0.2, 0.25) is 5.02 Å². The number of piperazine rings is 1. The van der Waals surface area contributed by atoms with Gasteiger partial charge in [-0.15, -0.1) is 0 Å². The van der Waals surface area contributed by atoms with E-state index in [9.17, 15) is 13.6 Å². The molecule has 2 aromatic rings. The zero-order valence-corrected chi connectivity index (χ0v) is 13.9. The van der Waals surface area contributed by atoms with Gasteiger partial charge in [0.1, 0.15) is 11.6 Å². The maximum absolute atomic E-state index is 13.8. The number of benzene rings is 2. The molecule has 1 saturated heterocycles. The first kappa shape index (κ1) is 16.9. The van der Waals surface area contributed by atoms with Crippen molar-refractivity contribution in [2.24, 2.45) is 0 Å². The van der Waals surface area contributed by atoms with Crippen LogP contribution in [0.1, 0.15) is 12.5 Å². The molecule has 1 aliphatic rings. The van der Waals surface area contributed by atoms with Crippen LogP contribution in [0.4, 0.5) is 14.5 Å². The van der Waals surface area contributed by atoms with E-state index in [-0.39, 0.29) is 18.0 Å². The van der Waals surface area contributed by atoms with Crippen molar-refractivity contribution in [1.82, 2.24) is 4.90 Å². The highest BCUT2D eigenvalue weighted by molar-refractivity contribution is 6.30. The van der Waals surface area contributed by atoms with Gasteiger partial charge in [0.2, 0.25) is 5.91 Å². The van der Waals surface area contributed by atoms with Gasteiger partial charge in [-0.25, -0.2) is 8.78 Å². The van der Waals surface area contributed by atoms with Crippen LogP contribution in [0.5, 0.6) is 0 Å². The van der Waals surface area contributed by atoms with E-state index in [1.54, 1.807) is 41.0 Å². The lowest BCUT2D eigenvalue weighted by molar-refractivity contribution is -0.125. The summed E-state index contributed by atoms with van der Waals surface area (Å²) in [6, 6.07) is 10.4. The van der Waals surface area contributed by atoms with E-state index in [4.69, 9.17) is 11.6 Å². The van der Waals surface area contributed by atoms with Crippen LogP contribution < -0.4 is 4.90 Å². The van der Waals surface area contributed by atoms with Gasteiger partial charge in [-0.2, -0.15) is 0 Å². The molecule has 3 nitrogen and oxygen atoms in total. The molecule has 0 bridgehead atoms. The number of amides is 1. The molecule has 1 heterocycles. The first-order chi connectivity index (χ1) is 11.5. The van der Waals surface area contributed by atoms with Gasteiger partial charge in [-0.05, 0) is 43.3 Å². The maximum Gasteiger partial charge on any atom is 0.244 e. The van der Waals surface area contributed by atoms with Crippen LogP contribution in [0.25, 0.3) is 0 Å². The van der Waals surface area contributed by atoms with Crippen molar-refractivity contribution in [3.05, 3.63) is 64.7 Å². The van der Waals surface area contributed by atoms with Crippen LogP contribution in [-0.2, 0) is 11.3 Å². The molecule has 0 N–H and O–H groups in total. The molecule has 3 rings (SSSR count). The smallest absolute Gasteiger partial charge is 0.244 e. The monoisotopic (exact) mass is 350 g/mol. The molecular weight excluding hydrogens is 334 g/mol. The van der Waals surface area contributed by atoms with Crippen molar-refractivity contribution in [3.8, 4) is 0 Å². The Kier molecular flexibility index (Phi) is 4.83. The molecule has 6 heteroatoms. The van der Waals surface area contributed by atoms with Crippen LogP contribution >= 0.6 is 11.6 Å². The minimum absolute atomic E-state index is 0.00269. The summed E-state index contributed by atoms with van der Waals surface area (Å²) in [6.45, 7) is 2.81. The molecule has 126 valence electrons. The minimum atomic E-state index is -0.588. The fourth-order valence-electron chi connectivity index (χ4n) is 2.89. The molecule has 0 aromatic heterocycles. The standard InChI is InChI=1S/C18H17ClF2N2O/c1-12-18(24)23(14-7-5-13(19)6-8-14)10-9-22(12)11-15-16(20)3-2-4-17(15)21/h2-8,12H,9-11H2,1H3/t12-/m1/s1. The third-order valence-corrected chi connectivity index (χ3v) is 4.60. The van der Waals surface area contributed by atoms with Crippen LogP contribution in [0, 0.1) is 11.6 Å². The first-order valence-electron chi connectivity index (χ1n) is 7.71. The van der Waals surface area contributed by atoms with Gasteiger partial charge in [0.25, 0.3) is 0 Å². The average molecular weight is 351 g/mol. The van der Waals surface area contributed by atoms with Gasteiger partial charge in [0, 0.05) is 35.9 Å². The lowest BCUT2D eigenvalue weighted by Gasteiger charge is -2.39. The summed E-state index contributed by atoms with van der Waals surface area (Å²) in [5.41, 5.74) is 0.769. The molecule has 1 fully saturated rings. The average Bonchev–Trinajstić information content (AvgIpc) is 2.56. The minimum Gasteiger partial charge on any atom is -0.310 e. The number of nitrogens with zero attached hydrogens (tertiary/aromatic N) is 2. The maximum atomic E-state index is 13.8. The van der Waals surface area contributed by atoms with E-state index in [2.05, 4.69) is 0 Å². The summed E-state index contributed by atoms with van der Waals surface area (Å²) < 4.78 is 27.7. The van der Waals surface area contributed by atoms with Crippen molar-refractivity contribution >= 4 is 23.2 Å². The van der Waals surface area contributed by atoms with Gasteiger partial charge in [-0.1, -0.05) is 17.7 Å². The Bertz CT molecular complexity index is 731. The van der Waals surface area contributed by atoms with Gasteiger partial charge < -0.3 is 4.90 Å². The summed E-state index contributed by atoms with van der Waals surface area (Å²) in [7, 11) is 0. The zero-order valence-electron chi connectivity index (χ0n) is 13.2. The summed E-state index contributed by atoms with van der Waals surface area (Å²) in [4.78, 5) is 16.1. The Hall–Kier alpha value is -1.98. The van der Waals surface area contributed by atoms with E-state index >= 15 is 0 Å². The molecule has 0 spiro atoms. The van der Waals surface area contributed by atoms with E-state index in [0.29, 0.717) is 18.1 Å². The van der Waals surface area contributed by atoms with Crippen LogP contribution in [0.3, 0.4) is 0 Å². The molecule has 0 aliphatic carbocycles. The Balaban J connectivity index is 1.76. The fraction of sp³-hybridized carbons (Fsp3) is 0.278. The van der Waals surface area contributed by atoms with E-state index in [1.165, 1.54) is 18.2 Å². The fourth-order valence-corrected chi connectivity index (χ4v) is 3.02. The zero-order chi connectivity index (χ0) is 17.3. The first-order valence-corrected chi connectivity index (χ1v) is 8.09. The number of carbonyl (C=O) groups excluding carboxylic acids is 1. The second kappa shape index (κ2) is 6.87. The van der Waals surface area contributed by atoms with Crippen molar-refractivity contribution in [3.63, 3.8) is 0 Å². The molecule has 1 aliphatic heterocycles. The molecule has 1 atom stereocenters. The van der Waals surface area contributed by atoms with Gasteiger partial charge in [-0.3, -0.25) is 9.69 Å². The molecular formula is C18H17ClF2N2O. The Labute approximate surface area is 144 Å². The Morgan fingerprint density at radius 3 is 2.33 bits per heavy atom. The van der Waals surface area contributed by atoms with Gasteiger partial charge >= 0.3 is 0 Å². The van der Waals surface area contributed by atoms with Crippen LogP contribution in [0.15, 0.2) is 42.5 Å². The Morgan fingerprint density at radius 2 is 1.71 bits per heavy atom. The van der Waals surface area contributed by atoms with E-state index in [0.717, 1.165) is 5.69 Å². The quantitative estimate of drug-likeness (QED) is 0.839. The van der Waals surface area contributed by atoms with Gasteiger partial charge in [0.05, 0.1) is 6.04 Å². The molecule has 2 aromatic carbocycles. The highest BCUT2D eigenvalue weighted by Gasteiger charge is 2.33.